The van der Waals surface area contributed by atoms with Gasteiger partial charge in [-0.15, -0.1) is 0 Å². The van der Waals surface area contributed by atoms with E-state index >= 15 is 0 Å². The van der Waals surface area contributed by atoms with Crippen LogP contribution in [0.3, 0.4) is 0 Å². The van der Waals surface area contributed by atoms with Gasteiger partial charge in [0.1, 0.15) is 0 Å². The molecule has 4 N–H and O–H groups in total. The number of rotatable bonds is 8. The molecule has 0 aromatic rings. The Morgan fingerprint density at radius 1 is 0.720 bits per heavy atom. The molecule has 0 radical (unpaired) electrons. The Hall–Kier alpha value is -1.96. The van der Waals surface area contributed by atoms with Gasteiger partial charge in [0.15, 0.2) is 0 Å². The van der Waals surface area contributed by atoms with Crippen molar-refractivity contribution >= 4 is 0 Å². The van der Waals surface area contributed by atoms with Gasteiger partial charge in [-0.25, -0.2) is 0 Å². The molecular formula is C23H38N2. The van der Waals surface area contributed by atoms with E-state index in [0.29, 0.717) is 18.3 Å². The minimum absolute atomic E-state index is 0.350. The highest BCUT2D eigenvalue weighted by molar-refractivity contribution is 5.42. The molecule has 2 nitrogen and oxygen atoms in total. The van der Waals surface area contributed by atoms with E-state index in [4.69, 9.17) is 11.5 Å². The summed E-state index contributed by atoms with van der Waals surface area (Å²) in [7, 11) is 0. The second-order valence-corrected chi connectivity index (χ2v) is 7.83. The van der Waals surface area contributed by atoms with Crippen LogP contribution in [-0.4, -0.2) is 0 Å². The molecule has 0 aliphatic rings. The van der Waals surface area contributed by atoms with Gasteiger partial charge in [-0.1, -0.05) is 75.3 Å². The third-order valence-corrected chi connectivity index (χ3v) is 4.12. The highest BCUT2D eigenvalue weighted by Gasteiger charge is 2.11. The van der Waals surface area contributed by atoms with Gasteiger partial charge in [0.2, 0.25) is 0 Å². The van der Waals surface area contributed by atoms with Crippen LogP contribution in [0.25, 0.3) is 0 Å². The normalized spacial score (nSPS) is 12.4. The first-order valence-electron chi connectivity index (χ1n) is 9.03. The molecule has 0 aliphatic carbocycles. The third kappa shape index (κ3) is 7.64. The molecule has 0 heterocycles. The fourth-order valence-electron chi connectivity index (χ4n) is 2.52. The summed E-state index contributed by atoms with van der Waals surface area (Å²) in [5.74, 6) is 0.700. The predicted molar refractivity (Wildman–Crippen MR) is 114 cm³/mol. The van der Waals surface area contributed by atoms with E-state index in [1.165, 1.54) is 0 Å². The maximum absolute atomic E-state index is 6.25. The van der Waals surface area contributed by atoms with Crippen LogP contribution in [0.2, 0.25) is 0 Å². The van der Waals surface area contributed by atoms with Crippen LogP contribution < -0.4 is 11.5 Å². The fourth-order valence-corrected chi connectivity index (χ4v) is 2.52. The second-order valence-electron chi connectivity index (χ2n) is 7.83. The zero-order chi connectivity index (χ0) is 19.9. The Morgan fingerprint density at radius 2 is 1.00 bits per heavy atom. The minimum atomic E-state index is 0.350. The molecule has 0 unspecified atom stereocenters. The molecular weight excluding hydrogens is 304 g/mol. The lowest BCUT2D eigenvalue weighted by molar-refractivity contribution is 0.767. The first-order chi connectivity index (χ1) is 11.4. The van der Waals surface area contributed by atoms with Crippen molar-refractivity contribution in [3.63, 3.8) is 0 Å². The Labute approximate surface area is 155 Å². The Morgan fingerprint density at radius 3 is 1.20 bits per heavy atom. The zero-order valence-corrected chi connectivity index (χ0v) is 17.6. The highest BCUT2D eigenvalue weighted by Crippen LogP contribution is 2.25. The quantitative estimate of drug-likeness (QED) is 0.519. The molecule has 0 aliphatic heterocycles. The van der Waals surface area contributed by atoms with E-state index in [9.17, 15) is 0 Å². The Balaban J connectivity index is 5.52. The number of hydrogen-bond acceptors (Lipinski definition) is 2. The Kier molecular flexibility index (Phi) is 9.33. The second kappa shape index (κ2) is 10.1. The van der Waals surface area contributed by atoms with Crippen molar-refractivity contribution in [1.29, 1.82) is 0 Å². The van der Waals surface area contributed by atoms with Crippen molar-refractivity contribution in [3.05, 3.63) is 70.1 Å². The number of hydrogen-bond donors (Lipinski definition) is 2. The van der Waals surface area contributed by atoms with Gasteiger partial charge < -0.3 is 11.5 Å². The largest absolute Gasteiger partial charge is 0.399 e. The zero-order valence-electron chi connectivity index (χ0n) is 17.6. The number of allylic oxidation sites excluding steroid dienone is 8. The molecule has 0 fully saturated rings. The van der Waals surface area contributed by atoms with Gasteiger partial charge in [0.25, 0.3) is 0 Å². The van der Waals surface area contributed by atoms with E-state index < -0.39 is 0 Å². The van der Waals surface area contributed by atoms with Crippen LogP contribution in [0.4, 0.5) is 0 Å². The van der Waals surface area contributed by atoms with E-state index in [2.05, 4.69) is 53.0 Å². The van der Waals surface area contributed by atoms with Crippen molar-refractivity contribution in [2.24, 2.45) is 23.3 Å². The van der Waals surface area contributed by atoms with Crippen molar-refractivity contribution in [1.82, 2.24) is 0 Å². The summed E-state index contributed by atoms with van der Waals surface area (Å²) < 4.78 is 0. The first kappa shape index (κ1) is 23.0. The molecule has 0 saturated carbocycles. The number of nitrogens with two attached hydrogens (primary N) is 2. The van der Waals surface area contributed by atoms with Gasteiger partial charge in [-0.3, -0.25) is 0 Å². The molecule has 0 saturated heterocycles. The SMILES string of the molecule is C=C(/C=C(\C(N)=C(C)C)C(C)C)CC(=C)/C=C(\C(N)=C(C)C)C(C)C. The monoisotopic (exact) mass is 342 g/mol. The maximum Gasteiger partial charge on any atom is 0.0335 e. The van der Waals surface area contributed by atoms with Gasteiger partial charge in [-0.05, 0) is 57.1 Å². The molecule has 0 aromatic heterocycles. The lowest BCUT2D eigenvalue weighted by atomic mass is 9.92. The molecule has 0 atom stereocenters. The Bertz CT molecular complexity index is 571. The molecule has 0 spiro atoms. The van der Waals surface area contributed by atoms with E-state index in [-0.39, 0.29) is 0 Å². The summed E-state index contributed by atoms with van der Waals surface area (Å²) in [4.78, 5) is 0. The van der Waals surface area contributed by atoms with Crippen molar-refractivity contribution in [2.45, 2.75) is 61.8 Å². The smallest absolute Gasteiger partial charge is 0.0335 e. The van der Waals surface area contributed by atoms with Crippen molar-refractivity contribution in [2.75, 3.05) is 0 Å². The summed E-state index contributed by atoms with van der Waals surface area (Å²) in [6, 6.07) is 0. The van der Waals surface area contributed by atoms with Crippen LogP contribution in [0.15, 0.2) is 70.1 Å². The average molecular weight is 343 g/mol. The van der Waals surface area contributed by atoms with Crippen molar-refractivity contribution in [3.8, 4) is 0 Å². The summed E-state index contributed by atoms with van der Waals surface area (Å²) >= 11 is 0. The molecule has 0 amide bonds. The van der Waals surface area contributed by atoms with Crippen LogP contribution in [-0.2, 0) is 0 Å². The van der Waals surface area contributed by atoms with Crippen LogP contribution in [0.5, 0.6) is 0 Å². The lowest BCUT2D eigenvalue weighted by Crippen LogP contribution is -2.09. The first-order valence-corrected chi connectivity index (χ1v) is 9.03. The maximum atomic E-state index is 6.25. The topological polar surface area (TPSA) is 52.0 Å². The van der Waals surface area contributed by atoms with Crippen LogP contribution >= 0.6 is 0 Å². The summed E-state index contributed by atoms with van der Waals surface area (Å²) in [5.41, 5.74) is 20.7. The highest BCUT2D eigenvalue weighted by atomic mass is 14.6. The molecule has 2 heteroatoms. The molecule has 0 aromatic carbocycles. The van der Waals surface area contributed by atoms with Crippen molar-refractivity contribution < 1.29 is 0 Å². The molecule has 0 bridgehead atoms. The minimum Gasteiger partial charge on any atom is -0.399 e. The average Bonchev–Trinajstić information content (AvgIpc) is 2.47. The van der Waals surface area contributed by atoms with E-state index in [0.717, 1.165) is 44.8 Å². The van der Waals surface area contributed by atoms with Gasteiger partial charge in [0, 0.05) is 11.4 Å². The predicted octanol–water partition coefficient (Wildman–Crippen LogP) is 6.16. The molecule has 25 heavy (non-hydrogen) atoms. The van der Waals surface area contributed by atoms with Gasteiger partial charge in [-0.2, -0.15) is 0 Å². The third-order valence-electron chi connectivity index (χ3n) is 4.12. The molecule has 140 valence electrons. The summed E-state index contributed by atoms with van der Waals surface area (Å²) in [6.45, 7) is 25.1. The molecule has 0 rings (SSSR count). The van der Waals surface area contributed by atoms with Gasteiger partial charge in [0.05, 0.1) is 0 Å². The van der Waals surface area contributed by atoms with Crippen LogP contribution in [0, 0.1) is 11.8 Å². The van der Waals surface area contributed by atoms with E-state index in [1.54, 1.807) is 0 Å². The summed E-state index contributed by atoms with van der Waals surface area (Å²) in [5, 5.41) is 0. The lowest BCUT2D eigenvalue weighted by Gasteiger charge is -2.16. The fraction of sp³-hybridized carbons (Fsp3) is 0.478. The van der Waals surface area contributed by atoms with Crippen LogP contribution in [0.1, 0.15) is 61.8 Å². The summed E-state index contributed by atoms with van der Waals surface area (Å²) in [6.07, 6.45) is 4.91. The van der Waals surface area contributed by atoms with Gasteiger partial charge >= 0.3 is 0 Å². The van der Waals surface area contributed by atoms with E-state index in [1.807, 2.05) is 27.7 Å². The standard InChI is InChI=1S/C23H38N2/c1-14(2)20(22(24)16(5)6)12-18(9)11-19(10)13-21(15(3)4)23(25)17(7)8/h12-15H,9-11,24-25H2,1-8H3/b20-12-,21-13-.